The number of benzene rings is 3. The average molecular weight is 824 g/mol. The third-order valence-electron chi connectivity index (χ3n) is 12.6. The molecule has 1 saturated carbocycles. The number of carbonyl (C=O) groups is 3. The van der Waals surface area contributed by atoms with E-state index in [1.54, 1.807) is 53.1 Å². The monoisotopic (exact) mass is 823 g/mol. The maximum atomic E-state index is 13.8. The van der Waals surface area contributed by atoms with Crippen LogP contribution >= 0.6 is 0 Å². The van der Waals surface area contributed by atoms with Crippen molar-refractivity contribution in [3.8, 4) is 17.5 Å². The van der Waals surface area contributed by atoms with Crippen LogP contribution in [0.3, 0.4) is 0 Å². The van der Waals surface area contributed by atoms with Crippen LogP contribution in [0.2, 0.25) is 0 Å². The van der Waals surface area contributed by atoms with Gasteiger partial charge in [-0.25, -0.2) is 4.79 Å². The zero-order chi connectivity index (χ0) is 42.5. The molecule has 1 aliphatic carbocycles. The first-order valence-corrected chi connectivity index (χ1v) is 20.7. The van der Waals surface area contributed by atoms with Crippen LogP contribution < -0.4 is 15.7 Å². The summed E-state index contributed by atoms with van der Waals surface area (Å²) in [6.07, 6.45) is 0.586. The van der Waals surface area contributed by atoms with E-state index in [0.29, 0.717) is 66.3 Å². The molecule has 4 aliphatic rings. The molecule has 2 saturated heterocycles. The van der Waals surface area contributed by atoms with Gasteiger partial charge in [0.1, 0.15) is 17.9 Å². The van der Waals surface area contributed by atoms with Crippen LogP contribution in [0.4, 0.5) is 13.2 Å². The number of hydrogen-bond acceptors (Lipinski definition) is 8. The first kappa shape index (κ1) is 41.0. The van der Waals surface area contributed by atoms with Crippen molar-refractivity contribution in [2.24, 2.45) is 5.92 Å². The molecule has 0 spiro atoms. The average Bonchev–Trinajstić information content (AvgIpc) is 3.62. The lowest BCUT2D eigenvalue weighted by Gasteiger charge is -2.46. The molecular formula is C45H48F3N7O5. The molecule has 60 heavy (non-hydrogen) atoms. The number of aromatic nitrogens is 2. The summed E-state index contributed by atoms with van der Waals surface area (Å²) in [5.41, 5.74) is 0.333. The largest absolute Gasteiger partial charge is 0.490 e. The molecule has 3 amide bonds. The van der Waals surface area contributed by atoms with Gasteiger partial charge in [-0.15, -0.1) is 0 Å². The van der Waals surface area contributed by atoms with Gasteiger partial charge in [0.05, 0.1) is 45.0 Å². The highest BCUT2D eigenvalue weighted by Crippen LogP contribution is 2.37. The Bertz CT molecular complexity index is 2450. The number of imide groups is 1. The Morgan fingerprint density at radius 1 is 0.933 bits per heavy atom. The molecule has 4 heterocycles. The van der Waals surface area contributed by atoms with Gasteiger partial charge in [0, 0.05) is 43.7 Å². The van der Waals surface area contributed by atoms with Gasteiger partial charge >= 0.3 is 11.9 Å². The molecule has 1 N–H and O–H groups in total. The molecule has 314 valence electrons. The Morgan fingerprint density at radius 2 is 1.65 bits per heavy atom. The molecule has 1 unspecified atom stereocenters. The van der Waals surface area contributed by atoms with Crippen LogP contribution in [0.5, 0.6) is 5.75 Å². The van der Waals surface area contributed by atoms with Gasteiger partial charge in [0.15, 0.2) is 0 Å². The number of likely N-dealkylation sites (tertiary alicyclic amines) is 1. The summed E-state index contributed by atoms with van der Waals surface area (Å²) in [5.74, 6) is -0.278. The van der Waals surface area contributed by atoms with E-state index in [2.05, 4.69) is 35.5 Å². The van der Waals surface area contributed by atoms with E-state index < -0.39 is 46.8 Å². The lowest BCUT2D eigenvalue weighted by Crippen LogP contribution is -2.53. The van der Waals surface area contributed by atoms with Crippen molar-refractivity contribution in [1.82, 2.24) is 29.2 Å². The lowest BCUT2D eigenvalue weighted by atomic mass is 9.85. The number of ether oxygens (including phenoxy) is 1. The summed E-state index contributed by atoms with van der Waals surface area (Å²) >= 11 is 0. The van der Waals surface area contributed by atoms with Crippen molar-refractivity contribution in [2.45, 2.75) is 95.7 Å². The second-order valence-electron chi connectivity index (χ2n) is 16.7. The number of halogens is 3. The van der Waals surface area contributed by atoms with E-state index in [9.17, 15) is 37.6 Å². The molecule has 1 atom stereocenters. The first-order chi connectivity index (χ1) is 28.7. The second-order valence-corrected chi connectivity index (χ2v) is 16.7. The highest BCUT2D eigenvalue weighted by Gasteiger charge is 2.45. The van der Waals surface area contributed by atoms with Crippen LogP contribution in [0.1, 0.15) is 90.6 Å². The van der Waals surface area contributed by atoms with Gasteiger partial charge < -0.3 is 15.0 Å². The summed E-state index contributed by atoms with van der Waals surface area (Å²) < 4.78 is 50.6. The van der Waals surface area contributed by atoms with Crippen molar-refractivity contribution in [2.75, 3.05) is 26.2 Å². The second kappa shape index (κ2) is 16.4. The zero-order valence-corrected chi connectivity index (χ0v) is 33.7. The number of hydrogen-bond donors (Lipinski definition) is 1. The number of fused-ring (bicyclic) bond motifs is 2. The predicted octanol–water partition coefficient (Wildman–Crippen LogP) is 6.49. The Morgan fingerprint density at radius 3 is 2.33 bits per heavy atom. The molecular weight excluding hydrogens is 776 g/mol. The molecule has 8 rings (SSSR count). The van der Waals surface area contributed by atoms with E-state index >= 15 is 0 Å². The summed E-state index contributed by atoms with van der Waals surface area (Å²) in [6.45, 7) is 12.3. The maximum Gasteiger partial charge on any atom is 0.417 e. The minimum Gasteiger partial charge on any atom is -0.490 e. The van der Waals surface area contributed by atoms with Crippen molar-refractivity contribution >= 4 is 28.8 Å². The Balaban J connectivity index is 0.823. The highest BCUT2D eigenvalue weighted by atomic mass is 19.4. The Labute approximate surface area is 345 Å². The SMILES string of the molecule is C=C1CCC(N2C(=O)c3ccc(OC4CC(N(CC5CCN(CCCn6c(=O)n(-c7ccc(C#N)c(C(F)(F)F)c7)c7ccccc76)CC5)C(C)C)C4)cc3C2=O)C(=O)N1. The minimum atomic E-state index is -4.74. The van der Waals surface area contributed by atoms with E-state index in [1.165, 1.54) is 10.6 Å². The molecule has 3 aliphatic heterocycles. The number of alkyl halides is 3. The van der Waals surface area contributed by atoms with Crippen LogP contribution in [0.15, 0.2) is 77.7 Å². The molecule has 1 aromatic heterocycles. The van der Waals surface area contributed by atoms with Gasteiger partial charge in [-0.1, -0.05) is 18.7 Å². The molecule has 0 bridgehead atoms. The first-order valence-electron chi connectivity index (χ1n) is 20.7. The number of para-hydroxylation sites is 2. The number of nitriles is 1. The summed E-state index contributed by atoms with van der Waals surface area (Å²) in [6, 6.07) is 16.8. The van der Waals surface area contributed by atoms with Gasteiger partial charge in [0.25, 0.3) is 11.8 Å². The number of piperidine rings is 2. The third kappa shape index (κ3) is 7.86. The number of nitrogens with one attached hydrogen (secondary N) is 1. The maximum absolute atomic E-state index is 13.8. The highest BCUT2D eigenvalue weighted by molar-refractivity contribution is 6.23. The Kier molecular flexibility index (Phi) is 11.2. The van der Waals surface area contributed by atoms with Gasteiger partial charge in [-0.3, -0.25) is 33.3 Å². The van der Waals surface area contributed by atoms with Crippen molar-refractivity contribution in [1.29, 1.82) is 5.26 Å². The molecule has 3 aromatic carbocycles. The van der Waals surface area contributed by atoms with Gasteiger partial charge in [-0.05, 0) is 120 Å². The van der Waals surface area contributed by atoms with Crippen LogP contribution in [0, 0.1) is 17.2 Å². The predicted molar refractivity (Wildman–Crippen MR) is 218 cm³/mol. The van der Waals surface area contributed by atoms with Crippen molar-refractivity contribution in [3.05, 3.63) is 106 Å². The Hall–Kier alpha value is -5.72. The van der Waals surface area contributed by atoms with Crippen molar-refractivity contribution < 1.29 is 32.3 Å². The molecule has 4 aromatic rings. The topological polar surface area (TPSA) is 133 Å². The summed E-state index contributed by atoms with van der Waals surface area (Å²) in [5, 5.41) is 11.9. The smallest absolute Gasteiger partial charge is 0.417 e. The molecule has 3 fully saturated rings. The van der Waals surface area contributed by atoms with Gasteiger partial charge in [-0.2, -0.15) is 18.4 Å². The van der Waals surface area contributed by atoms with Gasteiger partial charge in [0.2, 0.25) is 5.91 Å². The van der Waals surface area contributed by atoms with Crippen LogP contribution in [-0.4, -0.2) is 92.0 Å². The zero-order valence-electron chi connectivity index (χ0n) is 33.7. The number of nitrogens with zero attached hydrogens (tertiary/aromatic N) is 6. The standard InChI is InChI=1S/C45H48F3N7O5/c1-27(2)53(32-21-34(22-32)60-33-12-13-35-36(24-33)43(58)55(42(35)57)40-14-9-28(3)50-41(40)56)26-29-15-19-51(20-16-29)17-6-18-52-38-7-4-5-8-39(38)54(44(52)59)31-11-10-30(25-49)37(23-31)45(46,47)48/h4-5,7-8,10-13,23-24,27,29,32,34,40H,3,6,9,14-22,26H2,1-2H3,(H,50,56). The normalized spacial score (nSPS) is 21.4. The molecule has 12 nitrogen and oxygen atoms in total. The lowest BCUT2D eigenvalue weighted by molar-refractivity contribution is -0.137. The quantitative estimate of drug-likeness (QED) is 0.161. The number of aryl methyl sites for hydroxylation is 1. The fourth-order valence-corrected chi connectivity index (χ4v) is 9.30. The van der Waals surface area contributed by atoms with E-state index in [1.807, 2.05) is 0 Å². The number of imidazole rings is 1. The summed E-state index contributed by atoms with van der Waals surface area (Å²) in [7, 11) is 0. The number of rotatable bonds is 12. The van der Waals surface area contributed by atoms with Crippen LogP contribution in [0.25, 0.3) is 16.7 Å². The fraction of sp³-hybridized carbons (Fsp3) is 0.444. The number of allylic oxidation sites excluding steroid dienone is 1. The number of amides is 3. The minimum absolute atomic E-state index is 0.0161. The fourth-order valence-electron chi connectivity index (χ4n) is 9.30. The van der Waals surface area contributed by atoms with E-state index in [-0.39, 0.29) is 22.9 Å². The molecule has 0 radical (unpaired) electrons. The third-order valence-corrected chi connectivity index (χ3v) is 12.6. The molecule has 15 heteroatoms. The van der Waals surface area contributed by atoms with Crippen molar-refractivity contribution in [3.63, 3.8) is 0 Å². The van der Waals surface area contributed by atoms with E-state index in [4.69, 9.17) is 4.74 Å². The number of carbonyl (C=O) groups excluding carboxylic acids is 3. The van der Waals surface area contributed by atoms with Crippen LogP contribution in [-0.2, 0) is 17.5 Å². The van der Waals surface area contributed by atoms with E-state index in [0.717, 1.165) is 68.9 Å². The summed E-state index contributed by atoms with van der Waals surface area (Å²) in [4.78, 5) is 58.8.